The van der Waals surface area contributed by atoms with Crippen LogP contribution in [-0.4, -0.2) is 42.2 Å². The Morgan fingerprint density at radius 1 is 1.15 bits per heavy atom. The standard InChI is InChI=1S/C19H20N4O2S2/c1-23(2)17(24)16(13-8-5-4-6-9-13)26-19-22-21-18(27-19)20-14-10-7-11-15(12-14)25-3/h4-12,16H,1-3H3,(H,20,21)/t16-/m1/s1. The molecule has 1 heterocycles. The van der Waals surface area contributed by atoms with Gasteiger partial charge in [0.15, 0.2) is 4.34 Å². The number of thioether (sulfide) groups is 1. The van der Waals surface area contributed by atoms with Crippen LogP contribution in [0, 0.1) is 0 Å². The molecule has 1 aromatic heterocycles. The third-order valence-corrected chi connectivity index (χ3v) is 5.88. The summed E-state index contributed by atoms with van der Waals surface area (Å²) >= 11 is 2.82. The summed E-state index contributed by atoms with van der Waals surface area (Å²) in [5.74, 6) is 0.781. The van der Waals surface area contributed by atoms with Gasteiger partial charge in [-0.15, -0.1) is 10.2 Å². The van der Waals surface area contributed by atoms with Crippen LogP contribution < -0.4 is 10.1 Å². The number of carbonyl (C=O) groups excluding carboxylic acids is 1. The van der Waals surface area contributed by atoms with Crippen LogP contribution in [0.2, 0.25) is 0 Å². The van der Waals surface area contributed by atoms with E-state index in [0.29, 0.717) is 5.13 Å². The minimum absolute atomic E-state index is 0.0173. The van der Waals surface area contributed by atoms with Gasteiger partial charge in [-0.1, -0.05) is 59.5 Å². The van der Waals surface area contributed by atoms with Crippen molar-refractivity contribution in [2.75, 3.05) is 26.5 Å². The van der Waals surface area contributed by atoms with Crippen molar-refractivity contribution < 1.29 is 9.53 Å². The summed E-state index contributed by atoms with van der Waals surface area (Å²) in [5, 5.41) is 11.9. The van der Waals surface area contributed by atoms with Crippen LogP contribution >= 0.6 is 23.1 Å². The highest BCUT2D eigenvalue weighted by molar-refractivity contribution is 8.01. The maximum Gasteiger partial charge on any atom is 0.240 e. The number of ether oxygens (including phenoxy) is 1. The van der Waals surface area contributed by atoms with Crippen LogP contribution in [0.1, 0.15) is 10.8 Å². The fourth-order valence-corrected chi connectivity index (χ4v) is 4.47. The van der Waals surface area contributed by atoms with E-state index in [-0.39, 0.29) is 11.2 Å². The number of aromatic nitrogens is 2. The van der Waals surface area contributed by atoms with Crippen LogP contribution in [-0.2, 0) is 4.79 Å². The lowest BCUT2D eigenvalue weighted by Crippen LogP contribution is -2.26. The van der Waals surface area contributed by atoms with Crippen molar-refractivity contribution in [3.8, 4) is 5.75 Å². The zero-order valence-electron chi connectivity index (χ0n) is 15.2. The fraction of sp³-hybridized carbons (Fsp3) is 0.211. The minimum atomic E-state index is -0.362. The summed E-state index contributed by atoms with van der Waals surface area (Å²) in [5.41, 5.74) is 1.81. The smallest absolute Gasteiger partial charge is 0.240 e. The Labute approximate surface area is 166 Å². The number of nitrogens with zero attached hydrogens (tertiary/aromatic N) is 3. The van der Waals surface area contributed by atoms with Gasteiger partial charge in [-0.05, 0) is 17.7 Å². The molecule has 0 radical (unpaired) electrons. The number of hydrogen-bond donors (Lipinski definition) is 1. The second-order valence-corrected chi connectivity index (χ2v) is 8.20. The Hall–Kier alpha value is -2.58. The van der Waals surface area contributed by atoms with Crippen molar-refractivity contribution in [2.24, 2.45) is 0 Å². The molecule has 0 bridgehead atoms. The molecule has 0 saturated heterocycles. The molecule has 1 N–H and O–H groups in total. The molecule has 3 aromatic rings. The van der Waals surface area contributed by atoms with E-state index in [0.717, 1.165) is 21.3 Å². The number of benzene rings is 2. The van der Waals surface area contributed by atoms with Gasteiger partial charge in [-0.25, -0.2) is 0 Å². The third-order valence-electron chi connectivity index (χ3n) is 3.71. The largest absolute Gasteiger partial charge is 0.497 e. The van der Waals surface area contributed by atoms with Gasteiger partial charge in [0.05, 0.1) is 7.11 Å². The van der Waals surface area contributed by atoms with E-state index >= 15 is 0 Å². The van der Waals surface area contributed by atoms with Crippen LogP contribution in [0.3, 0.4) is 0 Å². The first kappa shape index (κ1) is 19.2. The second-order valence-electron chi connectivity index (χ2n) is 5.87. The number of methoxy groups -OCH3 is 1. The topological polar surface area (TPSA) is 67.3 Å². The van der Waals surface area contributed by atoms with Gasteiger partial charge in [-0.2, -0.15) is 0 Å². The van der Waals surface area contributed by atoms with Crippen molar-refractivity contribution in [1.29, 1.82) is 0 Å². The predicted molar refractivity (Wildman–Crippen MR) is 110 cm³/mol. The molecule has 0 unspecified atom stereocenters. The molecule has 8 heteroatoms. The number of hydrogen-bond acceptors (Lipinski definition) is 7. The van der Waals surface area contributed by atoms with Crippen molar-refractivity contribution in [2.45, 2.75) is 9.59 Å². The van der Waals surface area contributed by atoms with Crippen LogP contribution in [0.15, 0.2) is 58.9 Å². The Kier molecular flexibility index (Phi) is 6.31. The summed E-state index contributed by atoms with van der Waals surface area (Å²) in [7, 11) is 5.15. The Morgan fingerprint density at radius 2 is 1.93 bits per heavy atom. The first-order valence-corrected chi connectivity index (χ1v) is 9.94. The summed E-state index contributed by atoms with van der Waals surface area (Å²) in [6.45, 7) is 0. The summed E-state index contributed by atoms with van der Waals surface area (Å²) in [6.07, 6.45) is 0. The monoisotopic (exact) mass is 400 g/mol. The van der Waals surface area contributed by atoms with Crippen LogP contribution in [0.4, 0.5) is 10.8 Å². The van der Waals surface area contributed by atoms with Gasteiger partial charge in [-0.3, -0.25) is 4.79 Å². The van der Waals surface area contributed by atoms with Crippen molar-refractivity contribution in [1.82, 2.24) is 15.1 Å². The summed E-state index contributed by atoms with van der Waals surface area (Å²) in [4.78, 5) is 14.2. The molecule has 140 valence electrons. The maximum atomic E-state index is 12.6. The molecule has 1 amide bonds. The number of nitrogens with one attached hydrogen (secondary N) is 1. The Balaban J connectivity index is 1.76. The predicted octanol–water partition coefficient (Wildman–Crippen LogP) is 4.21. The molecule has 0 aliphatic carbocycles. The highest BCUT2D eigenvalue weighted by Gasteiger charge is 2.25. The zero-order chi connectivity index (χ0) is 19.2. The minimum Gasteiger partial charge on any atom is -0.497 e. The lowest BCUT2D eigenvalue weighted by atomic mass is 10.1. The molecule has 0 spiro atoms. The molecule has 27 heavy (non-hydrogen) atoms. The van der Waals surface area contributed by atoms with Crippen LogP contribution in [0.25, 0.3) is 0 Å². The van der Waals surface area contributed by atoms with E-state index in [2.05, 4.69) is 15.5 Å². The average molecular weight is 401 g/mol. The van der Waals surface area contributed by atoms with Gasteiger partial charge in [0, 0.05) is 25.8 Å². The first-order chi connectivity index (χ1) is 13.1. The molecule has 0 aliphatic heterocycles. The van der Waals surface area contributed by atoms with Crippen molar-refractivity contribution in [3.05, 3.63) is 60.2 Å². The molecule has 3 rings (SSSR count). The first-order valence-electron chi connectivity index (χ1n) is 8.24. The number of amides is 1. The lowest BCUT2D eigenvalue weighted by molar-refractivity contribution is -0.128. The number of anilines is 2. The number of rotatable bonds is 7. The quantitative estimate of drug-likeness (QED) is 0.599. The summed E-state index contributed by atoms with van der Waals surface area (Å²) in [6, 6.07) is 17.3. The Morgan fingerprint density at radius 3 is 2.63 bits per heavy atom. The second kappa shape index (κ2) is 8.88. The van der Waals surface area contributed by atoms with Gasteiger partial charge >= 0.3 is 0 Å². The maximum absolute atomic E-state index is 12.6. The molecule has 0 aliphatic rings. The van der Waals surface area contributed by atoms with E-state index in [9.17, 15) is 4.79 Å². The lowest BCUT2D eigenvalue weighted by Gasteiger charge is -2.19. The average Bonchev–Trinajstić information content (AvgIpc) is 3.13. The van der Waals surface area contributed by atoms with E-state index in [1.165, 1.54) is 23.1 Å². The van der Waals surface area contributed by atoms with E-state index in [1.54, 1.807) is 26.1 Å². The highest BCUT2D eigenvalue weighted by atomic mass is 32.2. The molecule has 2 aromatic carbocycles. The fourth-order valence-electron chi connectivity index (χ4n) is 2.36. The number of carbonyl (C=O) groups is 1. The SMILES string of the molecule is COc1cccc(Nc2nnc(S[C@@H](C(=O)N(C)C)c3ccccc3)s2)c1. The van der Waals surface area contributed by atoms with Crippen LogP contribution in [0.5, 0.6) is 5.75 Å². The number of likely N-dealkylation sites (N-methyl/N-ethyl adjacent to an activating group) is 1. The molecular formula is C19H20N4O2S2. The molecular weight excluding hydrogens is 380 g/mol. The zero-order valence-corrected chi connectivity index (χ0v) is 16.9. The molecule has 1 atom stereocenters. The van der Waals surface area contributed by atoms with Gasteiger partial charge in [0.2, 0.25) is 11.0 Å². The normalized spacial score (nSPS) is 11.7. The van der Waals surface area contributed by atoms with E-state index < -0.39 is 0 Å². The van der Waals surface area contributed by atoms with E-state index in [1.807, 2.05) is 54.6 Å². The molecule has 0 fully saturated rings. The Bertz CT molecular complexity index is 899. The highest BCUT2D eigenvalue weighted by Crippen LogP contribution is 2.39. The molecule has 6 nitrogen and oxygen atoms in total. The molecule has 0 saturated carbocycles. The van der Waals surface area contributed by atoms with Gasteiger partial charge in [0.25, 0.3) is 0 Å². The van der Waals surface area contributed by atoms with Gasteiger partial charge in [0.1, 0.15) is 11.0 Å². The third kappa shape index (κ3) is 4.99. The van der Waals surface area contributed by atoms with Crippen molar-refractivity contribution >= 4 is 39.8 Å². The van der Waals surface area contributed by atoms with E-state index in [4.69, 9.17) is 4.74 Å². The van der Waals surface area contributed by atoms with Crippen molar-refractivity contribution in [3.63, 3.8) is 0 Å². The van der Waals surface area contributed by atoms with Gasteiger partial charge < -0.3 is 15.0 Å². The summed E-state index contributed by atoms with van der Waals surface area (Å²) < 4.78 is 5.96.